The van der Waals surface area contributed by atoms with Crippen LogP contribution in [-0.4, -0.2) is 41.4 Å². The number of hydrogen-bond donors (Lipinski definition) is 1. The Bertz CT molecular complexity index is 618. The van der Waals surface area contributed by atoms with Crippen LogP contribution < -0.4 is 10.2 Å². The second kappa shape index (κ2) is 6.76. The molecule has 23 heavy (non-hydrogen) atoms. The molecule has 1 aliphatic rings. The van der Waals surface area contributed by atoms with Gasteiger partial charge in [0.2, 0.25) is 5.91 Å². The zero-order chi connectivity index (χ0) is 17.1. The van der Waals surface area contributed by atoms with Crippen LogP contribution in [0.1, 0.15) is 27.2 Å². The van der Waals surface area contributed by atoms with E-state index >= 15 is 0 Å². The van der Waals surface area contributed by atoms with E-state index in [4.69, 9.17) is 0 Å². The molecule has 1 aliphatic heterocycles. The minimum Gasteiger partial charge on any atom is -0.352 e. The summed E-state index contributed by atoms with van der Waals surface area (Å²) in [5.41, 5.74) is 0.419. The number of carbonyl (C=O) groups excluding carboxylic acids is 3. The van der Waals surface area contributed by atoms with Gasteiger partial charge in [0, 0.05) is 11.7 Å². The summed E-state index contributed by atoms with van der Waals surface area (Å²) in [5, 5.41) is 2.72. The summed E-state index contributed by atoms with van der Waals surface area (Å²) in [4.78, 5) is 38.8. The number of amides is 4. The Kier molecular flexibility index (Phi) is 4.98. The van der Waals surface area contributed by atoms with Gasteiger partial charge in [-0.15, -0.1) is 0 Å². The van der Waals surface area contributed by atoms with Crippen LogP contribution in [0.3, 0.4) is 0 Å². The maximum absolute atomic E-state index is 13.0. The van der Waals surface area contributed by atoms with Gasteiger partial charge < -0.3 is 5.32 Å². The zero-order valence-corrected chi connectivity index (χ0v) is 13.4. The van der Waals surface area contributed by atoms with E-state index in [1.54, 1.807) is 6.92 Å². The van der Waals surface area contributed by atoms with Gasteiger partial charge in [-0.25, -0.2) is 9.18 Å². The average molecular weight is 321 g/mol. The summed E-state index contributed by atoms with van der Waals surface area (Å²) in [6.45, 7) is 5.04. The quantitative estimate of drug-likeness (QED) is 0.842. The Labute approximate surface area is 134 Å². The molecule has 0 aromatic heterocycles. The summed E-state index contributed by atoms with van der Waals surface area (Å²) in [6.07, 6.45) is 0.756. The molecular weight excluding hydrogens is 301 g/mol. The van der Waals surface area contributed by atoms with Crippen LogP contribution in [0.5, 0.6) is 0 Å². The maximum atomic E-state index is 13.0. The maximum Gasteiger partial charge on any atom is 0.332 e. The first-order chi connectivity index (χ1) is 10.8. The average Bonchev–Trinajstić information content (AvgIpc) is 2.72. The number of benzene rings is 1. The van der Waals surface area contributed by atoms with Gasteiger partial charge in [-0.2, -0.15) is 0 Å². The van der Waals surface area contributed by atoms with E-state index in [0.717, 1.165) is 11.3 Å². The van der Waals surface area contributed by atoms with Crippen molar-refractivity contribution in [2.24, 2.45) is 0 Å². The van der Waals surface area contributed by atoms with Gasteiger partial charge in [-0.1, -0.05) is 6.92 Å². The van der Waals surface area contributed by atoms with Gasteiger partial charge in [0.05, 0.1) is 0 Å². The lowest BCUT2D eigenvalue weighted by Gasteiger charge is -2.19. The second-order valence-electron chi connectivity index (χ2n) is 5.61. The molecule has 0 aliphatic carbocycles. The molecule has 124 valence electrons. The Morgan fingerprint density at radius 1 is 1.30 bits per heavy atom. The molecule has 1 saturated heterocycles. The van der Waals surface area contributed by atoms with Crippen LogP contribution >= 0.6 is 0 Å². The molecule has 0 radical (unpaired) electrons. The van der Waals surface area contributed by atoms with Crippen molar-refractivity contribution in [1.82, 2.24) is 10.2 Å². The molecule has 1 aromatic carbocycles. The first-order valence-corrected chi connectivity index (χ1v) is 7.54. The molecule has 2 atom stereocenters. The van der Waals surface area contributed by atoms with E-state index in [2.05, 4.69) is 5.32 Å². The van der Waals surface area contributed by atoms with Crippen LogP contribution in [-0.2, 0) is 9.59 Å². The molecule has 0 saturated carbocycles. The number of carbonyl (C=O) groups is 3. The van der Waals surface area contributed by atoms with E-state index < -0.39 is 23.8 Å². The first kappa shape index (κ1) is 16.9. The Balaban J connectivity index is 2.14. The van der Waals surface area contributed by atoms with Crippen LogP contribution in [0, 0.1) is 5.82 Å². The van der Waals surface area contributed by atoms with E-state index in [0.29, 0.717) is 5.69 Å². The smallest absolute Gasteiger partial charge is 0.332 e. The number of halogens is 1. The standard InChI is InChI=1S/C16H20FN3O3/c1-4-10(2)18-14(21)9-19-15(22)11(3)20(16(19)23)13-7-5-12(17)6-8-13/h5-8,10-11H,4,9H2,1-3H3,(H,18,21). The third kappa shape index (κ3) is 3.49. The molecule has 1 aromatic rings. The van der Waals surface area contributed by atoms with Crippen LogP contribution in [0.25, 0.3) is 0 Å². The molecule has 0 bridgehead atoms. The summed E-state index contributed by atoms with van der Waals surface area (Å²) in [7, 11) is 0. The van der Waals surface area contributed by atoms with Gasteiger partial charge in [0.15, 0.2) is 0 Å². The number of imide groups is 1. The Hall–Kier alpha value is -2.44. The van der Waals surface area contributed by atoms with Gasteiger partial charge in [-0.05, 0) is 44.5 Å². The molecule has 0 spiro atoms. The van der Waals surface area contributed by atoms with Crippen molar-refractivity contribution < 1.29 is 18.8 Å². The third-order valence-corrected chi connectivity index (χ3v) is 3.87. The molecule has 7 heteroatoms. The predicted octanol–water partition coefficient (Wildman–Crippen LogP) is 1.90. The molecule has 2 unspecified atom stereocenters. The topological polar surface area (TPSA) is 69.7 Å². The predicted molar refractivity (Wildman–Crippen MR) is 83.3 cm³/mol. The molecule has 2 rings (SSSR count). The van der Waals surface area contributed by atoms with Gasteiger partial charge in [-0.3, -0.25) is 19.4 Å². The van der Waals surface area contributed by atoms with E-state index in [1.807, 2.05) is 13.8 Å². The van der Waals surface area contributed by atoms with Crippen molar-refractivity contribution in [2.45, 2.75) is 39.3 Å². The highest BCUT2D eigenvalue weighted by Gasteiger charge is 2.44. The van der Waals surface area contributed by atoms with Crippen LogP contribution in [0.2, 0.25) is 0 Å². The fourth-order valence-corrected chi connectivity index (χ4v) is 2.37. The fourth-order valence-electron chi connectivity index (χ4n) is 2.37. The molecule has 1 N–H and O–H groups in total. The monoisotopic (exact) mass is 321 g/mol. The van der Waals surface area contributed by atoms with Crippen molar-refractivity contribution >= 4 is 23.5 Å². The summed E-state index contributed by atoms with van der Waals surface area (Å²) in [6, 6.07) is 3.97. The van der Waals surface area contributed by atoms with E-state index in [1.165, 1.54) is 29.2 Å². The minimum atomic E-state index is -0.732. The lowest BCUT2D eigenvalue weighted by molar-refractivity contribution is -0.132. The lowest BCUT2D eigenvalue weighted by atomic mass is 10.2. The van der Waals surface area contributed by atoms with Crippen molar-refractivity contribution in [3.05, 3.63) is 30.1 Å². The third-order valence-electron chi connectivity index (χ3n) is 3.87. The van der Waals surface area contributed by atoms with Crippen molar-refractivity contribution in [1.29, 1.82) is 0 Å². The number of nitrogens with zero attached hydrogens (tertiary/aromatic N) is 2. The van der Waals surface area contributed by atoms with E-state index in [9.17, 15) is 18.8 Å². The highest BCUT2D eigenvalue weighted by molar-refractivity contribution is 6.15. The van der Waals surface area contributed by atoms with Crippen LogP contribution in [0.15, 0.2) is 24.3 Å². The summed E-state index contributed by atoms with van der Waals surface area (Å²) in [5.74, 6) is -1.25. The Morgan fingerprint density at radius 3 is 2.48 bits per heavy atom. The molecule has 1 heterocycles. The minimum absolute atomic E-state index is 0.0269. The fraction of sp³-hybridized carbons (Fsp3) is 0.438. The van der Waals surface area contributed by atoms with Crippen LogP contribution in [0.4, 0.5) is 14.9 Å². The van der Waals surface area contributed by atoms with Gasteiger partial charge in [0.25, 0.3) is 5.91 Å². The SMILES string of the molecule is CCC(C)NC(=O)CN1C(=O)C(C)N(c2ccc(F)cc2)C1=O. The Morgan fingerprint density at radius 2 is 1.91 bits per heavy atom. The second-order valence-corrected chi connectivity index (χ2v) is 5.61. The van der Waals surface area contributed by atoms with Crippen molar-refractivity contribution in [2.75, 3.05) is 11.4 Å². The van der Waals surface area contributed by atoms with E-state index in [-0.39, 0.29) is 18.5 Å². The normalized spacial score (nSPS) is 19.2. The molecule has 4 amide bonds. The number of urea groups is 1. The zero-order valence-electron chi connectivity index (χ0n) is 13.4. The number of anilines is 1. The summed E-state index contributed by atoms with van der Waals surface area (Å²) < 4.78 is 13.0. The molecular formula is C16H20FN3O3. The lowest BCUT2D eigenvalue weighted by Crippen LogP contribution is -2.43. The highest BCUT2D eigenvalue weighted by atomic mass is 19.1. The first-order valence-electron chi connectivity index (χ1n) is 7.54. The van der Waals surface area contributed by atoms with Gasteiger partial charge in [0.1, 0.15) is 18.4 Å². The number of hydrogen-bond acceptors (Lipinski definition) is 3. The number of rotatable bonds is 5. The van der Waals surface area contributed by atoms with Crippen molar-refractivity contribution in [3.8, 4) is 0 Å². The number of nitrogens with one attached hydrogen (secondary N) is 1. The van der Waals surface area contributed by atoms with Crippen molar-refractivity contribution in [3.63, 3.8) is 0 Å². The molecule has 6 nitrogen and oxygen atoms in total. The highest BCUT2D eigenvalue weighted by Crippen LogP contribution is 2.25. The molecule has 1 fully saturated rings. The largest absolute Gasteiger partial charge is 0.352 e. The van der Waals surface area contributed by atoms with Gasteiger partial charge >= 0.3 is 6.03 Å². The summed E-state index contributed by atoms with van der Waals surface area (Å²) >= 11 is 0.